The summed E-state index contributed by atoms with van der Waals surface area (Å²) < 4.78 is 4.82. The first kappa shape index (κ1) is 24.4. The smallest absolute Gasteiger partial charge is 0.123 e. The fourth-order valence-corrected chi connectivity index (χ4v) is 7.52. The number of aromatic nitrogens is 2. The number of nitrogens with zero attached hydrogens (tertiary/aromatic N) is 3. The van der Waals surface area contributed by atoms with Gasteiger partial charge in [-0.05, 0) is 71.4 Å². The first-order valence-corrected chi connectivity index (χ1v) is 15.5. The lowest BCUT2D eigenvalue weighted by Crippen LogP contribution is -2.13. The monoisotopic (exact) mass is 573 g/mol. The largest absolute Gasteiger partial charge is 0.309 e. The Labute approximate surface area is 260 Å². The molecule has 3 nitrogen and oxygen atoms in total. The Kier molecular flexibility index (Phi) is 5.00. The number of fused-ring (bicyclic) bond motifs is 12. The van der Waals surface area contributed by atoms with E-state index in [4.69, 9.17) is 0 Å². The number of rotatable bonds is 2. The van der Waals surface area contributed by atoms with Crippen molar-refractivity contribution in [2.24, 2.45) is 0 Å². The standard InChI is InChI=1S/C42H27N3/c1-2-14-30(15-3-1)43-37-20-10-7-17-33(37)35-27-31(23-25-39(35)43)44-40-24-22-28-12-4-6-16-32(28)42(40)34-18-8-11-21-38(34)45-36-19-9-5-13-29(36)26-41(44)45/h1-27H. The zero-order valence-electron chi connectivity index (χ0n) is 24.4. The van der Waals surface area contributed by atoms with Crippen LogP contribution in [0.5, 0.6) is 0 Å². The normalized spacial score (nSPS) is 12.4. The van der Waals surface area contributed by atoms with E-state index in [2.05, 4.69) is 178 Å². The molecule has 0 spiro atoms. The van der Waals surface area contributed by atoms with Crippen molar-refractivity contribution in [3.8, 4) is 22.5 Å². The Balaban J connectivity index is 1.34. The molecule has 0 aliphatic carbocycles. The van der Waals surface area contributed by atoms with E-state index < -0.39 is 0 Å². The highest BCUT2D eigenvalue weighted by Crippen LogP contribution is 2.51. The second-order valence-corrected chi connectivity index (χ2v) is 11.8. The van der Waals surface area contributed by atoms with E-state index in [0.29, 0.717) is 0 Å². The van der Waals surface area contributed by atoms with Crippen LogP contribution in [0.4, 0.5) is 17.2 Å². The molecule has 2 aromatic heterocycles. The number of anilines is 3. The third kappa shape index (κ3) is 3.41. The average Bonchev–Trinajstić information content (AvgIpc) is 3.61. The van der Waals surface area contributed by atoms with Gasteiger partial charge in [0.25, 0.3) is 0 Å². The molecule has 3 heteroatoms. The predicted octanol–water partition coefficient (Wildman–Crippen LogP) is 11.3. The van der Waals surface area contributed by atoms with Crippen molar-refractivity contribution in [3.05, 3.63) is 164 Å². The van der Waals surface area contributed by atoms with Gasteiger partial charge in [-0.15, -0.1) is 0 Å². The predicted molar refractivity (Wildman–Crippen MR) is 189 cm³/mol. The second-order valence-electron chi connectivity index (χ2n) is 11.8. The van der Waals surface area contributed by atoms with E-state index in [0.717, 1.165) is 11.5 Å². The maximum atomic E-state index is 2.47. The highest BCUT2D eigenvalue weighted by atomic mass is 15.3. The van der Waals surface area contributed by atoms with Gasteiger partial charge in [0.1, 0.15) is 5.82 Å². The van der Waals surface area contributed by atoms with E-state index >= 15 is 0 Å². The molecule has 0 radical (unpaired) electrons. The van der Waals surface area contributed by atoms with Gasteiger partial charge in [-0.3, -0.25) is 9.47 Å². The highest BCUT2D eigenvalue weighted by molar-refractivity contribution is 6.13. The van der Waals surface area contributed by atoms with Crippen LogP contribution in [-0.2, 0) is 0 Å². The van der Waals surface area contributed by atoms with Crippen molar-refractivity contribution in [1.82, 2.24) is 9.13 Å². The average molecular weight is 574 g/mol. The Morgan fingerprint density at radius 3 is 1.93 bits per heavy atom. The van der Waals surface area contributed by atoms with Gasteiger partial charge < -0.3 is 4.57 Å². The molecule has 0 saturated carbocycles. The second kappa shape index (κ2) is 9.22. The molecule has 0 saturated heterocycles. The van der Waals surface area contributed by atoms with Crippen LogP contribution in [0.1, 0.15) is 0 Å². The third-order valence-electron chi connectivity index (χ3n) is 9.41. The van der Waals surface area contributed by atoms with Gasteiger partial charge >= 0.3 is 0 Å². The van der Waals surface area contributed by atoms with Gasteiger partial charge in [-0.2, -0.15) is 0 Å². The molecule has 1 aliphatic rings. The molecular formula is C42H27N3. The van der Waals surface area contributed by atoms with Gasteiger partial charge in [-0.25, -0.2) is 0 Å². The minimum atomic E-state index is 1.13. The van der Waals surface area contributed by atoms with Crippen molar-refractivity contribution in [1.29, 1.82) is 0 Å². The first-order valence-electron chi connectivity index (χ1n) is 15.5. The van der Waals surface area contributed by atoms with Gasteiger partial charge in [-0.1, -0.05) is 103 Å². The number of benzene rings is 7. The fraction of sp³-hybridized carbons (Fsp3) is 0. The van der Waals surface area contributed by atoms with E-state index in [1.807, 2.05) is 0 Å². The summed E-state index contributed by atoms with van der Waals surface area (Å²) in [7, 11) is 0. The van der Waals surface area contributed by atoms with E-state index in [-0.39, 0.29) is 0 Å². The van der Waals surface area contributed by atoms with Crippen molar-refractivity contribution in [2.45, 2.75) is 0 Å². The van der Waals surface area contributed by atoms with Crippen molar-refractivity contribution in [2.75, 3.05) is 4.90 Å². The Hall–Kier alpha value is -6.06. The molecule has 3 heterocycles. The van der Waals surface area contributed by atoms with Crippen molar-refractivity contribution < 1.29 is 0 Å². The van der Waals surface area contributed by atoms with Crippen LogP contribution in [0.15, 0.2) is 164 Å². The lowest BCUT2D eigenvalue weighted by atomic mass is 9.94. The Morgan fingerprint density at radius 1 is 0.356 bits per heavy atom. The van der Waals surface area contributed by atoms with Crippen LogP contribution >= 0.6 is 0 Å². The first-order chi connectivity index (χ1) is 22.3. The van der Waals surface area contributed by atoms with Gasteiger partial charge in [0.05, 0.1) is 27.9 Å². The quantitative estimate of drug-likeness (QED) is 0.200. The molecule has 0 unspecified atom stereocenters. The molecule has 9 aromatic rings. The lowest BCUT2D eigenvalue weighted by molar-refractivity contribution is 1.09. The summed E-state index contributed by atoms with van der Waals surface area (Å²) in [5, 5.41) is 6.20. The van der Waals surface area contributed by atoms with Gasteiger partial charge in [0.2, 0.25) is 0 Å². The summed E-state index contributed by atoms with van der Waals surface area (Å²) in [5.41, 5.74) is 10.8. The lowest BCUT2D eigenvalue weighted by Gasteiger charge is -2.26. The number of hydrogen-bond acceptors (Lipinski definition) is 1. The minimum Gasteiger partial charge on any atom is -0.309 e. The van der Waals surface area contributed by atoms with Crippen molar-refractivity contribution >= 4 is 60.7 Å². The SMILES string of the molecule is c1ccc(-n2c3ccccc3c3cc(N4c5ccc6ccccc6c5-c5ccccc5-n5c4cc4ccccc45)ccc32)cc1. The molecule has 0 atom stereocenters. The Morgan fingerprint density at radius 2 is 1.04 bits per heavy atom. The molecule has 0 fully saturated rings. The number of para-hydroxylation sites is 4. The summed E-state index contributed by atoms with van der Waals surface area (Å²) in [6, 6.07) is 59.6. The zero-order valence-corrected chi connectivity index (χ0v) is 24.4. The summed E-state index contributed by atoms with van der Waals surface area (Å²) >= 11 is 0. The molecule has 0 amide bonds. The maximum absolute atomic E-state index is 2.47. The summed E-state index contributed by atoms with van der Waals surface area (Å²) in [6.45, 7) is 0. The Bertz CT molecular complexity index is 2600. The van der Waals surface area contributed by atoms with E-state index in [9.17, 15) is 0 Å². The third-order valence-corrected chi connectivity index (χ3v) is 9.41. The molecule has 0 N–H and O–H groups in total. The van der Waals surface area contributed by atoms with Crippen molar-refractivity contribution in [3.63, 3.8) is 0 Å². The molecule has 1 aliphatic heterocycles. The summed E-state index contributed by atoms with van der Waals surface area (Å²) in [5.74, 6) is 1.13. The van der Waals surface area contributed by atoms with Crippen LogP contribution < -0.4 is 4.90 Å². The zero-order chi connectivity index (χ0) is 29.5. The molecule has 7 aromatic carbocycles. The van der Waals surface area contributed by atoms with E-state index in [1.54, 1.807) is 0 Å². The highest BCUT2D eigenvalue weighted by Gasteiger charge is 2.29. The molecule has 45 heavy (non-hydrogen) atoms. The van der Waals surface area contributed by atoms with Crippen LogP contribution in [0.3, 0.4) is 0 Å². The fourth-order valence-electron chi connectivity index (χ4n) is 7.52. The molecule has 210 valence electrons. The summed E-state index contributed by atoms with van der Waals surface area (Å²) in [6.07, 6.45) is 0. The molecule has 0 bridgehead atoms. The maximum Gasteiger partial charge on any atom is 0.123 e. The minimum absolute atomic E-state index is 1.13. The summed E-state index contributed by atoms with van der Waals surface area (Å²) in [4.78, 5) is 2.47. The van der Waals surface area contributed by atoms with Crippen LogP contribution in [0.25, 0.3) is 66.0 Å². The van der Waals surface area contributed by atoms with Crippen LogP contribution in [0, 0.1) is 0 Å². The molecule has 10 rings (SSSR count). The van der Waals surface area contributed by atoms with Crippen LogP contribution in [-0.4, -0.2) is 9.13 Å². The topological polar surface area (TPSA) is 13.1 Å². The van der Waals surface area contributed by atoms with Crippen LogP contribution in [0.2, 0.25) is 0 Å². The number of hydrogen-bond donors (Lipinski definition) is 0. The molecular weight excluding hydrogens is 546 g/mol. The van der Waals surface area contributed by atoms with Gasteiger partial charge in [0.15, 0.2) is 0 Å². The van der Waals surface area contributed by atoms with E-state index in [1.165, 1.54) is 71.7 Å². The van der Waals surface area contributed by atoms with Gasteiger partial charge in [0, 0.05) is 38.7 Å².